The van der Waals surface area contributed by atoms with Crippen molar-refractivity contribution >= 4 is 17.5 Å². The van der Waals surface area contributed by atoms with Crippen molar-refractivity contribution in [2.24, 2.45) is 0 Å². The van der Waals surface area contributed by atoms with Crippen molar-refractivity contribution in [3.8, 4) is 11.4 Å². The minimum absolute atomic E-state index is 0.185. The molecule has 1 saturated heterocycles. The molecule has 8 nitrogen and oxygen atoms in total. The Bertz CT molecular complexity index is 922. The standard InChI is InChI=1S/C20H25FN6O2/c1-3-23-20(28)24-13-4-5-14(16(21)8-13)18-25-17-10-22-9-15(17)19(26-18)27-6-7-29-11-12(27)2/h4-5,8,12,22H,3,6-7,9-11H2,1-2H3,(H2,23,24,28)/t12-/m0/s1. The van der Waals surface area contributed by atoms with Gasteiger partial charge in [-0.1, -0.05) is 0 Å². The van der Waals surface area contributed by atoms with Crippen LogP contribution in [0.1, 0.15) is 25.1 Å². The Morgan fingerprint density at radius 3 is 3.00 bits per heavy atom. The van der Waals surface area contributed by atoms with Gasteiger partial charge in [0, 0.05) is 37.4 Å². The van der Waals surface area contributed by atoms with Crippen molar-refractivity contribution in [2.75, 3.05) is 36.5 Å². The summed E-state index contributed by atoms with van der Waals surface area (Å²) in [5.41, 5.74) is 2.65. The summed E-state index contributed by atoms with van der Waals surface area (Å²) in [5.74, 6) is 0.712. The minimum atomic E-state index is -0.480. The molecule has 29 heavy (non-hydrogen) atoms. The number of hydrogen-bond donors (Lipinski definition) is 3. The molecule has 2 aliphatic heterocycles. The van der Waals surface area contributed by atoms with E-state index in [4.69, 9.17) is 9.72 Å². The third-order valence-electron chi connectivity index (χ3n) is 5.11. The summed E-state index contributed by atoms with van der Waals surface area (Å²) in [5, 5.41) is 8.54. The van der Waals surface area contributed by atoms with Crippen molar-refractivity contribution in [3.63, 3.8) is 0 Å². The Balaban J connectivity index is 1.68. The molecule has 3 N–H and O–H groups in total. The Hall–Kier alpha value is -2.78. The fourth-order valence-electron chi connectivity index (χ4n) is 3.66. The van der Waals surface area contributed by atoms with Gasteiger partial charge in [0.05, 0.1) is 30.5 Å². The van der Waals surface area contributed by atoms with Crippen molar-refractivity contribution in [1.82, 2.24) is 20.6 Å². The van der Waals surface area contributed by atoms with Gasteiger partial charge in [-0.25, -0.2) is 19.2 Å². The highest BCUT2D eigenvalue weighted by atomic mass is 19.1. The van der Waals surface area contributed by atoms with Crippen LogP contribution in [0.15, 0.2) is 18.2 Å². The third-order valence-corrected chi connectivity index (χ3v) is 5.11. The van der Waals surface area contributed by atoms with Crippen LogP contribution in [-0.4, -0.2) is 48.3 Å². The van der Waals surface area contributed by atoms with E-state index in [1.54, 1.807) is 12.1 Å². The molecule has 0 spiro atoms. The van der Waals surface area contributed by atoms with E-state index in [1.165, 1.54) is 6.07 Å². The van der Waals surface area contributed by atoms with Crippen LogP contribution in [0.2, 0.25) is 0 Å². The second-order valence-corrected chi connectivity index (χ2v) is 7.20. The summed E-state index contributed by atoms with van der Waals surface area (Å²) >= 11 is 0. The van der Waals surface area contributed by atoms with Crippen molar-refractivity contribution < 1.29 is 13.9 Å². The highest BCUT2D eigenvalue weighted by Gasteiger charge is 2.28. The number of carbonyl (C=O) groups is 1. The largest absolute Gasteiger partial charge is 0.377 e. The van der Waals surface area contributed by atoms with Gasteiger partial charge in [-0.05, 0) is 32.0 Å². The topological polar surface area (TPSA) is 91.4 Å². The van der Waals surface area contributed by atoms with Crippen LogP contribution < -0.4 is 20.9 Å². The zero-order chi connectivity index (χ0) is 20.4. The molecule has 0 aliphatic carbocycles. The normalized spacial score (nSPS) is 18.4. The Morgan fingerprint density at radius 1 is 1.38 bits per heavy atom. The molecule has 9 heteroatoms. The van der Waals surface area contributed by atoms with Gasteiger partial charge in [0.1, 0.15) is 11.6 Å². The molecule has 4 rings (SSSR count). The van der Waals surface area contributed by atoms with E-state index in [0.717, 1.165) is 23.6 Å². The van der Waals surface area contributed by atoms with Crippen molar-refractivity contribution in [1.29, 1.82) is 0 Å². The van der Waals surface area contributed by atoms with Gasteiger partial charge in [0.2, 0.25) is 0 Å². The summed E-state index contributed by atoms with van der Waals surface area (Å²) in [6, 6.07) is 4.36. The van der Waals surface area contributed by atoms with E-state index < -0.39 is 5.82 Å². The fraction of sp³-hybridized carbons (Fsp3) is 0.450. The molecule has 1 fully saturated rings. The summed E-state index contributed by atoms with van der Waals surface area (Å²) in [4.78, 5) is 23.2. The molecule has 1 atom stereocenters. The Kier molecular flexibility index (Phi) is 5.59. The predicted molar refractivity (Wildman–Crippen MR) is 108 cm³/mol. The van der Waals surface area contributed by atoms with Gasteiger partial charge < -0.3 is 25.6 Å². The minimum Gasteiger partial charge on any atom is -0.377 e. The quantitative estimate of drug-likeness (QED) is 0.729. The molecule has 0 bridgehead atoms. The third kappa shape index (κ3) is 4.01. The number of anilines is 2. The number of halogens is 1. The molecule has 154 valence electrons. The van der Waals surface area contributed by atoms with Crippen LogP contribution >= 0.6 is 0 Å². The molecule has 0 unspecified atom stereocenters. The second-order valence-electron chi connectivity index (χ2n) is 7.20. The average molecular weight is 400 g/mol. The van der Waals surface area contributed by atoms with Crippen LogP contribution in [0, 0.1) is 5.82 Å². The number of nitrogens with one attached hydrogen (secondary N) is 3. The second kappa shape index (κ2) is 8.30. The van der Waals surface area contributed by atoms with Crippen LogP contribution in [0.4, 0.5) is 20.7 Å². The first-order chi connectivity index (χ1) is 14.1. The van der Waals surface area contributed by atoms with Crippen molar-refractivity contribution in [2.45, 2.75) is 33.0 Å². The first-order valence-corrected chi connectivity index (χ1v) is 9.86. The smallest absolute Gasteiger partial charge is 0.319 e. The van der Waals surface area contributed by atoms with Gasteiger partial charge in [-0.3, -0.25) is 0 Å². The lowest BCUT2D eigenvalue weighted by molar-refractivity contribution is 0.0984. The predicted octanol–water partition coefficient (Wildman–Crippen LogP) is 2.25. The number of nitrogens with zero attached hydrogens (tertiary/aromatic N) is 3. The van der Waals surface area contributed by atoms with Crippen LogP contribution in [0.5, 0.6) is 0 Å². The van der Waals surface area contributed by atoms with Gasteiger partial charge in [0.15, 0.2) is 5.82 Å². The van der Waals surface area contributed by atoms with Gasteiger partial charge >= 0.3 is 6.03 Å². The van der Waals surface area contributed by atoms with E-state index in [1.807, 2.05) is 6.92 Å². The number of rotatable bonds is 4. The number of carbonyl (C=O) groups excluding carboxylic acids is 1. The maximum Gasteiger partial charge on any atom is 0.319 e. The summed E-state index contributed by atoms with van der Waals surface area (Å²) in [7, 11) is 0. The molecule has 1 aromatic heterocycles. The lowest BCUT2D eigenvalue weighted by Gasteiger charge is -2.35. The fourth-order valence-corrected chi connectivity index (χ4v) is 3.66. The summed E-state index contributed by atoms with van der Waals surface area (Å²) < 4.78 is 20.4. The maximum atomic E-state index is 14.9. The van der Waals surface area contributed by atoms with E-state index in [0.29, 0.717) is 49.9 Å². The van der Waals surface area contributed by atoms with E-state index in [-0.39, 0.29) is 12.1 Å². The zero-order valence-corrected chi connectivity index (χ0v) is 16.6. The number of morpholine rings is 1. The van der Waals surface area contributed by atoms with Gasteiger partial charge in [-0.15, -0.1) is 0 Å². The first kappa shape index (κ1) is 19.5. The molecular weight excluding hydrogens is 375 g/mol. The molecule has 0 radical (unpaired) electrons. The number of aromatic nitrogens is 2. The van der Waals surface area contributed by atoms with Crippen molar-refractivity contribution in [3.05, 3.63) is 35.3 Å². The zero-order valence-electron chi connectivity index (χ0n) is 16.6. The number of hydrogen-bond acceptors (Lipinski definition) is 6. The molecule has 3 heterocycles. The van der Waals surface area contributed by atoms with Gasteiger partial charge in [0.25, 0.3) is 0 Å². The highest BCUT2D eigenvalue weighted by molar-refractivity contribution is 5.89. The molecule has 2 amide bonds. The molecule has 2 aromatic rings. The molecular formula is C20H25FN6O2. The molecule has 2 aliphatic rings. The SMILES string of the molecule is CCNC(=O)Nc1ccc(-c2nc3c(c(N4CCOC[C@@H]4C)n2)CNC3)c(F)c1. The number of urea groups is 1. The van der Waals surface area contributed by atoms with Gasteiger partial charge in [-0.2, -0.15) is 0 Å². The van der Waals surface area contributed by atoms with E-state index >= 15 is 0 Å². The van der Waals surface area contributed by atoms with E-state index in [2.05, 4.69) is 32.8 Å². The summed E-state index contributed by atoms with van der Waals surface area (Å²) in [6.45, 7) is 7.75. The van der Waals surface area contributed by atoms with Crippen LogP contribution in [0.3, 0.4) is 0 Å². The number of fused-ring (bicyclic) bond motifs is 1. The number of benzene rings is 1. The molecule has 0 saturated carbocycles. The van der Waals surface area contributed by atoms with Crippen LogP contribution in [-0.2, 0) is 17.8 Å². The summed E-state index contributed by atoms with van der Waals surface area (Å²) in [6.07, 6.45) is 0. The number of amides is 2. The average Bonchev–Trinajstić information content (AvgIpc) is 3.17. The van der Waals surface area contributed by atoms with E-state index in [9.17, 15) is 9.18 Å². The number of ether oxygens (including phenoxy) is 1. The first-order valence-electron chi connectivity index (χ1n) is 9.86. The Labute approximate surface area is 168 Å². The molecule has 1 aromatic carbocycles. The lowest BCUT2D eigenvalue weighted by Crippen LogP contribution is -2.44. The highest BCUT2D eigenvalue weighted by Crippen LogP contribution is 2.31. The lowest BCUT2D eigenvalue weighted by atomic mass is 10.1. The van der Waals surface area contributed by atoms with Crippen LogP contribution in [0.25, 0.3) is 11.4 Å². The Morgan fingerprint density at radius 2 is 2.24 bits per heavy atom. The monoisotopic (exact) mass is 400 g/mol. The maximum absolute atomic E-state index is 14.9.